The molecule has 20 heavy (non-hydrogen) atoms. The standard InChI is InChI=1S/C13H9Cl2N3OS/c1-7-5-18-6-10(16-13(18)20-7)12(19)17-11-8(14)3-2-4-9(11)15/h2-6H,1H3,(H,17,19). The van der Waals surface area contributed by atoms with E-state index in [1.165, 1.54) is 11.3 Å². The molecule has 4 nitrogen and oxygen atoms in total. The largest absolute Gasteiger partial charge is 0.318 e. The van der Waals surface area contributed by atoms with Gasteiger partial charge in [-0.05, 0) is 19.1 Å². The fraction of sp³-hybridized carbons (Fsp3) is 0.0769. The number of thiazole rings is 1. The molecule has 1 amide bonds. The number of nitrogens with one attached hydrogen (secondary N) is 1. The molecule has 0 aliphatic rings. The highest BCUT2D eigenvalue weighted by Crippen LogP contribution is 2.30. The van der Waals surface area contributed by atoms with E-state index in [-0.39, 0.29) is 5.91 Å². The Bertz CT molecular complexity index is 757. The van der Waals surface area contributed by atoms with E-state index >= 15 is 0 Å². The number of nitrogens with zero attached hydrogens (tertiary/aromatic N) is 2. The van der Waals surface area contributed by atoms with Gasteiger partial charge in [0.05, 0.1) is 15.7 Å². The molecule has 0 aliphatic carbocycles. The molecule has 0 radical (unpaired) electrons. The lowest BCUT2D eigenvalue weighted by Gasteiger charge is -2.07. The number of hydrogen-bond acceptors (Lipinski definition) is 3. The molecule has 2 aromatic heterocycles. The monoisotopic (exact) mass is 325 g/mol. The van der Waals surface area contributed by atoms with Crippen LogP contribution in [0.5, 0.6) is 0 Å². The Balaban J connectivity index is 1.90. The number of hydrogen-bond donors (Lipinski definition) is 1. The molecule has 0 atom stereocenters. The minimum atomic E-state index is -0.339. The summed E-state index contributed by atoms with van der Waals surface area (Å²) in [6.07, 6.45) is 3.60. The number of aryl methyl sites for hydroxylation is 1. The van der Waals surface area contributed by atoms with E-state index in [0.29, 0.717) is 21.4 Å². The summed E-state index contributed by atoms with van der Waals surface area (Å²) in [7, 11) is 0. The Kier molecular flexibility index (Phi) is 3.41. The fourth-order valence-corrected chi connectivity index (χ4v) is 3.12. The van der Waals surface area contributed by atoms with Crippen LogP contribution >= 0.6 is 34.5 Å². The minimum Gasteiger partial charge on any atom is -0.318 e. The van der Waals surface area contributed by atoms with Gasteiger partial charge in [-0.3, -0.25) is 9.20 Å². The normalized spacial score (nSPS) is 10.9. The van der Waals surface area contributed by atoms with Gasteiger partial charge >= 0.3 is 0 Å². The number of imidazole rings is 1. The van der Waals surface area contributed by atoms with Crippen molar-refractivity contribution in [2.75, 3.05) is 5.32 Å². The van der Waals surface area contributed by atoms with Crippen LogP contribution in [-0.2, 0) is 0 Å². The van der Waals surface area contributed by atoms with Crippen LogP contribution in [0.25, 0.3) is 4.96 Å². The molecule has 1 N–H and O–H groups in total. The first kappa shape index (κ1) is 13.4. The molecule has 2 heterocycles. The summed E-state index contributed by atoms with van der Waals surface area (Å²) in [6, 6.07) is 5.05. The number of halogens is 2. The van der Waals surface area contributed by atoms with Gasteiger partial charge in [0.25, 0.3) is 5.91 Å². The van der Waals surface area contributed by atoms with Gasteiger partial charge < -0.3 is 5.32 Å². The molecule has 102 valence electrons. The summed E-state index contributed by atoms with van der Waals surface area (Å²) in [5.74, 6) is -0.339. The quantitative estimate of drug-likeness (QED) is 0.765. The number of carbonyl (C=O) groups is 1. The van der Waals surface area contributed by atoms with Gasteiger partial charge in [-0.2, -0.15) is 0 Å². The van der Waals surface area contributed by atoms with E-state index in [4.69, 9.17) is 23.2 Å². The van der Waals surface area contributed by atoms with Crippen LogP contribution in [0.15, 0.2) is 30.6 Å². The van der Waals surface area contributed by atoms with E-state index in [1.807, 2.05) is 17.5 Å². The van der Waals surface area contributed by atoms with Crippen LogP contribution in [0.4, 0.5) is 5.69 Å². The highest BCUT2D eigenvalue weighted by molar-refractivity contribution is 7.17. The number of aromatic nitrogens is 2. The Morgan fingerprint density at radius 2 is 2.00 bits per heavy atom. The summed E-state index contributed by atoms with van der Waals surface area (Å²) in [5, 5.41) is 3.47. The predicted molar refractivity (Wildman–Crippen MR) is 82.2 cm³/mol. The number of fused-ring (bicyclic) bond motifs is 1. The van der Waals surface area contributed by atoms with Gasteiger partial charge in [-0.15, -0.1) is 11.3 Å². The highest BCUT2D eigenvalue weighted by Gasteiger charge is 2.15. The summed E-state index contributed by atoms with van der Waals surface area (Å²) in [4.78, 5) is 18.4. The van der Waals surface area contributed by atoms with Crippen molar-refractivity contribution in [3.63, 3.8) is 0 Å². The highest BCUT2D eigenvalue weighted by atomic mass is 35.5. The van der Waals surface area contributed by atoms with Crippen molar-refractivity contribution in [3.8, 4) is 0 Å². The minimum absolute atomic E-state index is 0.326. The number of amides is 1. The van der Waals surface area contributed by atoms with Gasteiger partial charge in [0.15, 0.2) is 4.96 Å². The lowest BCUT2D eigenvalue weighted by atomic mass is 10.3. The lowest BCUT2D eigenvalue weighted by molar-refractivity contribution is 0.102. The molecule has 3 aromatic rings. The zero-order valence-electron chi connectivity index (χ0n) is 10.4. The molecule has 0 unspecified atom stereocenters. The first-order valence-electron chi connectivity index (χ1n) is 5.75. The molecule has 0 spiro atoms. The smallest absolute Gasteiger partial charge is 0.275 e. The molecule has 0 bridgehead atoms. The Morgan fingerprint density at radius 3 is 2.65 bits per heavy atom. The molecule has 0 aliphatic heterocycles. The Morgan fingerprint density at radius 1 is 1.30 bits per heavy atom. The van der Waals surface area contributed by atoms with Crippen LogP contribution in [0.2, 0.25) is 10.0 Å². The van der Waals surface area contributed by atoms with E-state index in [1.54, 1.807) is 24.4 Å². The summed E-state index contributed by atoms with van der Waals surface area (Å²) < 4.78 is 1.82. The van der Waals surface area contributed by atoms with Crippen LogP contribution < -0.4 is 5.32 Å². The number of rotatable bonds is 2. The van der Waals surface area contributed by atoms with Crippen LogP contribution in [0.1, 0.15) is 15.4 Å². The average Bonchev–Trinajstić information content (AvgIpc) is 2.91. The fourth-order valence-electron chi connectivity index (χ4n) is 1.82. The van der Waals surface area contributed by atoms with Crippen molar-refractivity contribution in [3.05, 3.63) is 51.2 Å². The third-order valence-corrected chi connectivity index (χ3v) is 4.25. The third kappa shape index (κ3) is 2.40. The van der Waals surface area contributed by atoms with E-state index in [0.717, 1.165) is 9.84 Å². The van der Waals surface area contributed by atoms with Gasteiger partial charge in [0, 0.05) is 17.3 Å². The molecule has 0 saturated carbocycles. The molecule has 3 rings (SSSR count). The number of para-hydroxylation sites is 1. The molecule has 0 saturated heterocycles. The van der Waals surface area contributed by atoms with Crippen LogP contribution in [0.3, 0.4) is 0 Å². The van der Waals surface area contributed by atoms with E-state index in [2.05, 4.69) is 10.3 Å². The molecule has 7 heteroatoms. The second-order valence-electron chi connectivity index (χ2n) is 4.21. The maximum atomic E-state index is 12.2. The summed E-state index contributed by atoms with van der Waals surface area (Å²) in [6.45, 7) is 1.99. The van der Waals surface area contributed by atoms with Crippen molar-refractivity contribution < 1.29 is 4.79 Å². The topological polar surface area (TPSA) is 46.4 Å². The Hall–Kier alpha value is -1.56. The van der Waals surface area contributed by atoms with Crippen molar-refractivity contribution >= 4 is 51.1 Å². The lowest BCUT2D eigenvalue weighted by Crippen LogP contribution is -2.13. The van der Waals surface area contributed by atoms with Crippen LogP contribution in [0, 0.1) is 6.92 Å². The van der Waals surface area contributed by atoms with Gasteiger partial charge in [-0.25, -0.2) is 4.98 Å². The van der Waals surface area contributed by atoms with Gasteiger partial charge in [0.1, 0.15) is 5.69 Å². The molecular weight excluding hydrogens is 317 g/mol. The maximum Gasteiger partial charge on any atom is 0.275 e. The molecular formula is C13H9Cl2N3OS. The summed E-state index contributed by atoms with van der Waals surface area (Å²) in [5.41, 5.74) is 0.723. The number of carbonyl (C=O) groups excluding carboxylic acids is 1. The first-order chi connectivity index (χ1) is 9.54. The van der Waals surface area contributed by atoms with E-state index in [9.17, 15) is 4.79 Å². The van der Waals surface area contributed by atoms with Crippen molar-refractivity contribution in [2.45, 2.75) is 6.92 Å². The third-order valence-electron chi connectivity index (χ3n) is 2.71. The first-order valence-corrected chi connectivity index (χ1v) is 7.32. The van der Waals surface area contributed by atoms with E-state index < -0.39 is 0 Å². The van der Waals surface area contributed by atoms with Gasteiger partial charge in [-0.1, -0.05) is 29.3 Å². The second-order valence-corrected chi connectivity index (χ2v) is 6.24. The van der Waals surface area contributed by atoms with Crippen molar-refractivity contribution in [1.82, 2.24) is 9.38 Å². The van der Waals surface area contributed by atoms with Gasteiger partial charge in [0.2, 0.25) is 0 Å². The van der Waals surface area contributed by atoms with Crippen molar-refractivity contribution in [1.29, 1.82) is 0 Å². The number of anilines is 1. The average molecular weight is 326 g/mol. The van der Waals surface area contributed by atoms with Crippen LogP contribution in [-0.4, -0.2) is 15.3 Å². The maximum absolute atomic E-state index is 12.2. The predicted octanol–water partition coefficient (Wildman–Crippen LogP) is 4.26. The molecule has 0 fully saturated rings. The molecule has 1 aromatic carbocycles. The zero-order valence-corrected chi connectivity index (χ0v) is 12.7. The SMILES string of the molecule is Cc1cn2cc(C(=O)Nc3c(Cl)cccc3Cl)nc2s1. The number of benzene rings is 1. The Labute approximate surface area is 129 Å². The zero-order chi connectivity index (χ0) is 14.3. The summed E-state index contributed by atoms with van der Waals surface area (Å²) >= 11 is 13.6. The van der Waals surface area contributed by atoms with Crippen molar-refractivity contribution in [2.24, 2.45) is 0 Å². The second kappa shape index (κ2) is 5.09.